The summed E-state index contributed by atoms with van der Waals surface area (Å²) in [6.07, 6.45) is -1.67. The zero-order valence-electron chi connectivity index (χ0n) is 25.5. The number of para-hydroxylation sites is 1. The fourth-order valence-corrected chi connectivity index (χ4v) is 6.34. The number of aromatic nitrogens is 4. The minimum Gasteiger partial charge on any atom is -0.508 e. The van der Waals surface area contributed by atoms with Crippen LogP contribution in [0, 0.1) is 0 Å². The Morgan fingerprint density at radius 1 is 1.15 bits per heavy atom. The molecule has 2 aromatic heterocycles. The van der Waals surface area contributed by atoms with Crippen molar-refractivity contribution in [2.45, 2.75) is 55.8 Å². The van der Waals surface area contributed by atoms with E-state index in [1.54, 1.807) is 41.2 Å². The molecule has 0 aliphatic carbocycles. The van der Waals surface area contributed by atoms with Crippen LogP contribution in [0.4, 0.5) is 18.9 Å². The lowest BCUT2D eigenvalue weighted by Gasteiger charge is -2.21. The van der Waals surface area contributed by atoms with E-state index in [4.69, 9.17) is 14.6 Å². The first kappa shape index (κ1) is 34.6. The van der Waals surface area contributed by atoms with E-state index >= 15 is 0 Å². The number of ether oxygens (including phenoxy) is 2. The summed E-state index contributed by atoms with van der Waals surface area (Å²) in [5.41, 5.74) is 0.536. The predicted molar refractivity (Wildman–Crippen MR) is 171 cm³/mol. The second kappa shape index (κ2) is 14.6. The summed E-state index contributed by atoms with van der Waals surface area (Å²) in [7, 11) is -3.95. The Kier molecular flexibility index (Phi) is 10.5. The van der Waals surface area contributed by atoms with Crippen LogP contribution >= 0.6 is 11.3 Å². The summed E-state index contributed by atoms with van der Waals surface area (Å²) in [5, 5.41) is 26.4. The van der Waals surface area contributed by atoms with E-state index in [0.29, 0.717) is 40.9 Å². The van der Waals surface area contributed by atoms with Gasteiger partial charge in [-0.25, -0.2) is 23.2 Å². The van der Waals surface area contributed by atoms with Crippen LogP contribution in [-0.4, -0.2) is 46.0 Å². The molecule has 0 aliphatic rings. The van der Waals surface area contributed by atoms with Crippen molar-refractivity contribution in [1.29, 1.82) is 0 Å². The number of esters is 1. The van der Waals surface area contributed by atoms with Crippen molar-refractivity contribution in [2.75, 3.05) is 11.9 Å². The number of aromatic hydroxyl groups is 1. The smallest absolute Gasteiger partial charge is 0.420 e. The van der Waals surface area contributed by atoms with Gasteiger partial charge >= 0.3 is 12.1 Å². The summed E-state index contributed by atoms with van der Waals surface area (Å²) in [4.78, 5) is 16.5. The molecule has 2 heterocycles. The molecule has 5 rings (SSSR count). The van der Waals surface area contributed by atoms with E-state index in [0.717, 1.165) is 23.0 Å². The Hall–Kier alpha value is -4.74. The Morgan fingerprint density at radius 3 is 2.62 bits per heavy atom. The molecule has 3 aromatic carbocycles. The summed E-state index contributed by atoms with van der Waals surface area (Å²) in [5.74, 6) is -0.896. The van der Waals surface area contributed by atoms with E-state index in [9.17, 15) is 31.5 Å². The zero-order chi connectivity index (χ0) is 34.5. The lowest BCUT2D eigenvalue weighted by molar-refractivity contribution is -0.142. The van der Waals surface area contributed by atoms with Crippen LogP contribution in [0.5, 0.6) is 17.2 Å². The standard InChI is InChI=1S/C31H31F3N6O6S2/c1-2-3-7-28(42)46-29-24(31(32,33)34)5-4-6-25(29)36-16-21(14-19-8-10-22(41)11-9-19)40-17-20(38-39-40)18-45-23-12-13-27-26(15-23)37-30(47-27)48(35,43)44/h4-6,8-13,15,17,21,36,41H,2-3,7,14,16,18H2,1H3,(H2,35,43,44). The molecule has 0 radical (unpaired) electrons. The maximum Gasteiger partial charge on any atom is 0.420 e. The first-order valence-electron chi connectivity index (χ1n) is 14.7. The molecule has 17 heteroatoms. The second-order valence-corrected chi connectivity index (χ2v) is 13.6. The van der Waals surface area contributed by atoms with Gasteiger partial charge in [-0.05, 0) is 54.8 Å². The molecule has 0 saturated carbocycles. The number of hydrogen-bond donors (Lipinski definition) is 3. The number of anilines is 1. The van der Waals surface area contributed by atoms with Crippen LogP contribution in [0.15, 0.2) is 71.2 Å². The summed E-state index contributed by atoms with van der Waals surface area (Å²) < 4.78 is 78.2. The number of phenolic OH excluding ortho intramolecular Hbond substituents is 1. The quantitative estimate of drug-likeness (QED) is 0.0944. The molecule has 1 unspecified atom stereocenters. The highest BCUT2D eigenvalue weighted by atomic mass is 32.2. The van der Waals surface area contributed by atoms with Crippen molar-refractivity contribution in [3.05, 3.63) is 83.7 Å². The van der Waals surface area contributed by atoms with Crippen LogP contribution in [-0.2, 0) is 34.0 Å². The number of halogens is 3. The number of carbonyl (C=O) groups is 1. The molecule has 0 aliphatic heterocycles. The Morgan fingerprint density at radius 2 is 1.92 bits per heavy atom. The van der Waals surface area contributed by atoms with Gasteiger partial charge in [0.05, 0.1) is 28.1 Å². The number of carbonyl (C=O) groups excluding carboxylic acids is 1. The summed E-state index contributed by atoms with van der Waals surface area (Å²) in [6.45, 7) is 1.90. The molecule has 48 heavy (non-hydrogen) atoms. The predicted octanol–water partition coefficient (Wildman–Crippen LogP) is 5.83. The van der Waals surface area contributed by atoms with E-state index in [1.807, 2.05) is 6.92 Å². The van der Waals surface area contributed by atoms with Crippen molar-refractivity contribution in [3.8, 4) is 17.2 Å². The van der Waals surface area contributed by atoms with Gasteiger partial charge in [-0.3, -0.25) is 4.79 Å². The molecule has 0 saturated heterocycles. The number of phenols is 1. The topological polar surface area (TPSA) is 172 Å². The first-order valence-corrected chi connectivity index (χ1v) is 17.1. The highest BCUT2D eigenvalue weighted by Crippen LogP contribution is 2.41. The number of unbranched alkanes of at least 4 members (excludes halogenated alkanes) is 1. The summed E-state index contributed by atoms with van der Waals surface area (Å²) in [6, 6.07) is 14.3. The van der Waals surface area contributed by atoms with Crippen molar-refractivity contribution in [1.82, 2.24) is 20.0 Å². The summed E-state index contributed by atoms with van der Waals surface area (Å²) >= 11 is 0.941. The number of sulfonamides is 1. The number of hydrogen-bond acceptors (Lipinski definition) is 11. The average Bonchev–Trinajstić information content (AvgIpc) is 3.69. The molecular formula is C31H31F3N6O6S2. The normalized spacial score (nSPS) is 12.6. The highest BCUT2D eigenvalue weighted by Gasteiger charge is 2.36. The van der Waals surface area contributed by atoms with E-state index in [-0.39, 0.29) is 35.3 Å². The van der Waals surface area contributed by atoms with Gasteiger partial charge in [0.15, 0.2) is 5.75 Å². The SMILES string of the molecule is CCCCC(=O)Oc1c(NCC(Cc2ccc(O)cc2)n2cc(COc3ccc4sc(S(N)(=O)=O)nc4c3)nn2)cccc1C(F)(F)F. The van der Waals surface area contributed by atoms with Crippen LogP contribution in [0.3, 0.4) is 0 Å². The molecule has 0 bridgehead atoms. The van der Waals surface area contributed by atoms with Gasteiger partial charge in [0.1, 0.15) is 29.4 Å². The van der Waals surface area contributed by atoms with Crippen LogP contribution in [0.2, 0.25) is 0 Å². The molecule has 0 fully saturated rings. The molecule has 0 amide bonds. The Labute approximate surface area is 277 Å². The number of nitrogens with zero attached hydrogens (tertiary/aromatic N) is 4. The number of rotatable bonds is 14. The maximum absolute atomic E-state index is 13.9. The Bertz CT molecular complexity index is 2000. The van der Waals surface area contributed by atoms with E-state index in [2.05, 4.69) is 20.6 Å². The van der Waals surface area contributed by atoms with E-state index in [1.165, 1.54) is 24.3 Å². The van der Waals surface area contributed by atoms with Crippen molar-refractivity contribution in [3.63, 3.8) is 0 Å². The van der Waals surface area contributed by atoms with Gasteiger partial charge in [0, 0.05) is 19.0 Å². The van der Waals surface area contributed by atoms with Gasteiger partial charge in [-0.2, -0.15) is 13.2 Å². The number of benzene rings is 3. The van der Waals surface area contributed by atoms with Crippen molar-refractivity contribution in [2.24, 2.45) is 5.14 Å². The van der Waals surface area contributed by atoms with Crippen LogP contribution in [0.1, 0.15) is 49.0 Å². The van der Waals surface area contributed by atoms with Crippen molar-refractivity contribution >= 4 is 43.2 Å². The third kappa shape index (κ3) is 8.78. The number of fused-ring (bicyclic) bond motifs is 1. The van der Waals surface area contributed by atoms with E-state index < -0.39 is 39.5 Å². The lowest BCUT2D eigenvalue weighted by atomic mass is 10.1. The monoisotopic (exact) mass is 704 g/mol. The zero-order valence-corrected chi connectivity index (χ0v) is 27.1. The van der Waals surface area contributed by atoms with Gasteiger partial charge in [-0.15, -0.1) is 16.4 Å². The van der Waals surface area contributed by atoms with Gasteiger partial charge in [0.25, 0.3) is 10.0 Å². The molecule has 254 valence electrons. The fourth-order valence-electron chi connectivity index (χ4n) is 4.70. The highest BCUT2D eigenvalue weighted by molar-refractivity contribution is 7.91. The lowest BCUT2D eigenvalue weighted by Crippen LogP contribution is -2.23. The number of nitrogens with two attached hydrogens (primary N) is 1. The Balaban J connectivity index is 1.36. The second-order valence-electron chi connectivity index (χ2n) is 10.8. The molecule has 12 nitrogen and oxygen atoms in total. The largest absolute Gasteiger partial charge is 0.508 e. The van der Waals surface area contributed by atoms with Crippen LogP contribution in [0.25, 0.3) is 10.2 Å². The number of nitrogens with one attached hydrogen (secondary N) is 1. The average molecular weight is 705 g/mol. The van der Waals surface area contributed by atoms with Gasteiger partial charge < -0.3 is 19.9 Å². The molecular weight excluding hydrogens is 674 g/mol. The number of primary sulfonamides is 1. The third-order valence-corrected chi connectivity index (χ3v) is 9.46. The molecule has 1 atom stereocenters. The number of thiazole rings is 1. The number of alkyl halides is 3. The first-order chi connectivity index (χ1) is 22.8. The minimum atomic E-state index is -4.77. The third-order valence-electron chi connectivity index (χ3n) is 7.11. The van der Waals surface area contributed by atoms with Gasteiger partial charge in [-0.1, -0.05) is 36.8 Å². The molecule has 0 spiro atoms. The fraction of sp³-hybridized carbons (Fsp3) is 0.290. The van der Waals surface area contributed by atoms with Crippen LogP contribution < -0.4 is 19.9 Å². The minimum absolute atomic E-state index is 0.0114. The molecule has 4 N–H and O–H groups in total. The van der Waals surface area contributed by atoms with Gasteiger partial charge in [0.2, 0.25) is 4.34 Å². The molecule has 5 aromatic rings. The maximum atomic E-state index is 13.9. The van der Waals surface area contributed by atoms with Crippen molar-refractivity contribution < 1.29 is 41.0 Å².